The normalized spacial score (nSPS) is 11.4. The fraction of sp³-hybridized carbons (Fsp3) is 0. The molecule has 7 aromatic rings. The molecule has 0 atom stereocenters. The van der Waals surface area contributed by atoms with Gasteiger partial charge in [0.1, 0.15) is 0 Å². The lowest BCUT2D eigenvalue weighted by molar-refractivity contribution is 1.20. The molecule has 0 saturated heterocycles. The van der Waals surface area contributed by atoms with Crippen LogP contribution in [0.1, 0.15) is 0 Å². The smallest absolute Gasteiger partial charge is 0.0541 e. The number of rotatable bonds is 3. The molecule has 7 rings (SSSR count). The summed E-state index contributed by atoms with van der Waals surface area (Å²) in [5.41, 5.74) is 8.64. The van der Waals surface area contributed by atoms with Gasteiger partial charge >= 0.3 is 0 Å². The maximum atomic E-state index is 2.43. The van der Waals surface area contributed by atoms with Crippen LogP contribution in [0.5, 0.6) is 0 Å². The van der Waals surface area contributed by atoms with E-state index in [4.69, 9.17) is 0 Å². The Labute approximate surface area is 204 Å². The Morgan fingerprint density at radius 3 is 1.71 bits per heavy atom. The molecule has 0 aliphatic heterocycles. The first-order valence-corrected chi connectivity index (χ1v) is 12.0. The molecule has 0 amide bonds. The van der Waals surface area contributed by atoms with E-state index in [0.29, 0.717) is 0 Å². The van der Waals surface area contributed by atoms with Gasteiger partial charge in [0.2, 0.25) is 0 Å². The summed E-state index contributed by atoms with van der Waals surface area (Å²) in [4.78, 5) is 0. The van der Waals surface area contributed by atoms with Crippen LogP contribution in [0, 0.1) is 0 Å². The van der Waals surface area contributed by atoms with Gasteiger partial charge < -0.3 is 4.57 Å². The van der Waals surface area contributed by atoms with E-state index < -0.39 is 0 Å². The average molecular weight is 446 g/mol. The molecule has 0 fully saturated rings. The number of nitrogens with zero attached hydrogens (tertiary/aromatic N) is 1. The van der Waals surface area contributed by atoms with E-state index in [-0.39, 0.29) is 0 Å². The summed E-state index contributed by atoms with van der Waals surface area (Å²) in [6.07, 6.45) is 0. The molecule has 0 saturated carbocycles. The van der Waals surface area contributed by atoms with Crippen molar-refractivity contribution in [3.63, 3.8) is 0 Å². The summed E-state index contributed by atoms with van der Waals surface area (Å²) in [5.74, 6) is 0. The van der Waals surface area contributed by atoms with Crippen molar-refractivity contribution in [3.8, 4) is 27.9 Å². The van der Waals surface area contributed by atoms with Crippen LogP contribution in [0.15, 0.2) is 140 Å². The second kappa shape index (κ2) is 8.00. The van der Waals surface area contributed by atoms with Crippen LogP contribution in [0.3, 0.4) is 0 Å². The first-order chi connectivity index (χ1) is 17.4. The van der Waals surface area contributed by atoms with Gasteiger partial charge in [-0.05, 0) is 51.9 Å². The minimum absolute atomic E-state index is 1.21. The predicted molar refractivity (Wildman–Crippen MR) is 149 cm³/mol. The van der Waals surface area contributed by atoms with Gasteiger partial charge in [-0.25, -0.2) is 0 Å². The van der Waals surface area contributed by atoms with Crippen molar-refractivity contribution < 1.29 is 0 Å². The van der Waals surface area contributed by atoms with Crippen molar-refractivity contribution in [1.82, 2.24) is 4.57 Å². The molecule has 0 aliphatic rings. The minimum atomic E-state index is 1.21. The van der Waals surface area contributed by atoms with Gasteiger partial charge in [0, 0.05) is 16.2 Å². The van der Waals surface area contributed by atoms with Crippen LogP contribution >= 0.6 is 0 Å². The molecule has 35 heavy (non-hydrogen) atoms. The number of fused-ring (bicyclic) bond motifs is 4. The average Bonchev–Trinajstić information content (AvgIpc) is 3.27. The van der Waals surface area contributed by atoms with E-state index in [9.17, 15) is 0 Å². The maximum absolute atomic E-state index is 2.43. The third-order valence-corrected chi connectivity index (χ3v) is 7.01. The van der Waals surface area contributed by atoms with Crippen LogP contribution in [0.4, 0.5) is 0 Å². The summed E-state index contributed by atoms with van der Waals surface area (Å²) < 4.78 is 2.43. The Kier molecular flexibility index (Phi) is 4.53. The Bertz CT molecular complexity index is 1830. The zero-order chi connectivity index (χ0) is 23.2. The molecule has 1 nitrogen and oxygen atoms in total. The number of aromatic nitrogens is 1. The molecule has 0 unspecified atom stereocenters. The van der Waals surface area contributed by atoms with Crippen molar-refractivity contribution in [1.29, 1.82) is 0 Å². The summed E-state index contributed by atoms with van der Waals surface area (Å²) in [6, 6.07) is 50.2. The summed E-state index contributed by atoms with van der Waals surface area (Å²) in [6.45, 7) is 0. The molecule has 0 radical (unpaired) electrons. The van der Waals surface area contributed by atoms with Gasteiger partial charge in [0.05, 0.1) is 16.7 Å². The molecule has 0 aliphatic carbocycles. The fourth-order valence-electron chi connectivity index (χ4n) is 5.39. The van der Waals surface area contributed by atoms with E-state index in [2.05, 4.69) is 144 Å². The second-order valence-electron chi connectivity index (χ2n) is 8.99. The van der Waals surface area contributed by atoms with Crippen molar-refractivity contribution in [2.24, 2.45) is 0 Å². The number of hydrogen-bond donors (Lipinski definition) is 0. The maximum Gasteiger partial charge on any atom is 0.0541 e. The lowest BCUT2D eigenvalue weighted by Crippen LogP contribution is -1.96. The monoisotopic (exact) mass is 445 g/mol. The highest BCUT2D eigenvalue weighted by Gasteiger charge is 2.16. The van der Waals surface area contributed by atoms with Crippen LogP contribution in [-0.4, -0.2) is 4.57 Å². The van der Waals surface area contributed by atoms with Crippen LogP contribution in [0.25, 0.3) is 60.5 Å². The highest BCUT2D eigenvalue weighted by molar-refractivity contribution is 6.12. The molecular weight excluding hydrogens is 422 g/mol. The Morgan fingerprint density at radius 1 is 0.343 bits per heavy atom. The van der Waals surface area contributed by atoms with Crippen molar-refractivity contribution >= 4 is 32.6 Å². The second-order valence-corrected chi connectivity index (χ2v) is 8.99. The Balaban J connectivity index is 1.53. The molecule has 0 bridgehead atoms. The van der Waals surface area contributed by atoms with Gasteiger partial charge in [0.25, 0.3) is 0 Å². The summed E-state index contributed by atoms with van der Waals surface area (Å²) in [5, 5.41) is 5.07. The van der Waals surface area contributed by atoms with Gasteiger partial charge in [-0.1, -0.05) is 115 Å². The van der Waals surface area contributed by atoms with Gasteiger partial charge in [0.15, 0.2) is 0 Å². The molecule has 1 heterocycles. The highest BCUT2D eigenvalue weighted by Crippen LogP contribution is 2.38. The molecular formula is C34H23N. The summed E-state index contributed by atoms with van der Waals surface area (Å²) >= 11 is 0. The predicted octanol–water partition coefficient (Wildman–Crippen LogP) is 9.27. The zero-order valence-electron chi connectivity index (χ0n) is 19.2. The molecule has 1 aromatic heterocycles. The first kappa shape index (κ1) is 19.8. The fourth-order valence-corrected chi connectivity index (χ4v) is 5.39. The van der Waals surface area contributed by atoms with Crippen LogP contribution < -0.4 is 0 Å². The summed E-state index contributed by atoms with van der Waals surface area (Å²) in [7, 11) is 0. The quantitative estimate of drug-likeness (QED) is 0.255. The molecule has 1 heteroatoms. The lowest BCUT2D eigenvalue weighted by Gasteiger charge is -2.15. The van der Waals surface area contributed by atoms with E-state index in [1.54, 1.807) is 0 Å². The molecule has 6 aromatic carbocycles. The van der Waals surface area contributed by atoms with E-state index in [0.717, 1.165) is 0 Å². The molecule has 164 valence electrons. The Morgan fingerprint density at radius 2 is 0.943 bits per heavy atom. The third-order valence-electron chi connectivity index (χ3n) is 7.01. The van der Waals surface area contributed by atoms with E-state index in [1.165, 1.54) is 60.5 Å². The topological polar surface area (TPSA) is 4.93 Å². The van der Waals surface area contributed by atoms with Crippen molar-refractivity contribution in [2.45, 2.75) is 0 Å². The van der Waals surface area contributed by atoms with E-state index >= 15 is 0 Å². The Hall–Kier alpha value is -4.62. The van der Waals surface area contributed by atoms with Crippen molar-refractivity contribution in [2.75, 3.05) is 0 Å². The lowest BCUT2D eigenvalue weighted by atomic mass is 9.97. The molecule has 0 spiro atoms. The first-order valence-electron chi connectivity index (χ1n) is 12.0. The van der Waals surface area contributed by atoms with Crippen LogP contribution in [-0.2, 0) is 0 Å². The molecule has 0 N–H and O–H groups in total. The SMILES string of the molecule is c1ccc(-c2ccc3c(c2)c2ccccc2n3-c2ccc(-c3ccccc3)c3ccccc23)cc1. The minimum Gasteiger partial charge on any atom is -0.309 e. The van der Waals surface area contributed by atoms with Gasteiger partial charge in [-0.2, -0.15) is 0 Å². The number of hydrogen-bond acceptors (Lipinski definition) is 0. The van der Waals surface area contributed by atoms with Gasteiger partial charge in [-0.15, -0.1) is 0 Å². The number of benzene rings is 6. The number of para-hydroxylation sites is 1. The largest absolute Gasteiger partial charge is 0.309 e. The van der Waals surface area contributed by atoms with E-state index in [1.807, 2.05) is 0 Å². The highest BCUT2D eigenvalue weighted by atomic mass is 15.0. The zero-order valence-corrected chi connectivity index (χ0v) is 19.2. The van der Waals surface area contributed by atoms with Crippen molar-refractivity contribution in [3.05, 3.63) is 140 Å². The van der Waals surface area contributed by atoms with Crippen LogP contribution in [0.2, 0.25) is 0 Å². The third kappa shape index (κ3) is 3.17. The van der Waals surface area contributed by atoms with Gasteiger partial charge in [-0.3, -0.25) is 0 Å². The standard InChI is InChI=1S/C34H23N/c1-3-11-24(12-4-1)26-19-21-34-31(23-26)30-17-9-10-18-32(30)35(34)33-22-20-27(25-13-5-2-6-14-25)28-15-7-8-16-29(28)33/h1-23H.